The Hall–Kier alpha value is -2.51. The van der Waals surface area contributed by atoms with Crippen molar-refractivity contribution >= 4 is 11.5 Å². The number of rotatable bonds is 3. The Morgan fingerprint density at radius 2 is 2.22 bits per heavy atom. The second-order valence-corrected chi connectivity index (χ2v) is 3.80. The molecule has 0 aliphatic heterocycles. The summed E-state index contributed by atoms with van der Waals surface area (Å²) in [6.45, 7) is 4.06. The smallest absolute Gasteiger partial charge is 0.223 e. The molecule has 92 valence electrons. The highest BCUT2D eigenvalue weighted by Crippen LogP contribution is 2.12. The third-order valence-corrected chi connectivity index (χ3v) is 2.48. The zero-order chi connectivity index (χ0) is 12.5. The van der Waals surface area contributed by atoms with E-state index in [1.807, 2.05) is 17.5 Å². The largest absolute Gasteiger partial charge is 0.359 e. The summed E-state index contributed by atoms with van der Waals surface area (Å²) in [5, 5.41) is 15.0. The molecule has 3 rings (SSSR count). The standard InChI is InChI=1S/C10H11N7O/c1-6-14-15-10-9(11-3-4-17(6)10)12-5-8-13-7(2)18-16-8/h3-4H,5H2,1-2H3,(H,11,12). The Morgan fingerprint density at radius 3 is 3.00 bits per heavy atom. The van der Waals surface area contributed by atoms with E-state index in [9.17, 15) is 0 Å². The van der Waals surface area contributed by atoms with Crippen LogP contribution < -0.4 is 5.32 Å². The first-order valence-electron chi connectivity index (χ1n) is 5.43. The maximum Gasteiger partial charge on any atom is 0.223 e. The zero-order valence-corrected chi connectivity index (χ0v) is 9.95. The van der Waals surface area contributed by atoms with Gasteiger partial charge in [0.15, 0.2) is 11.6 Å². The fourth-order valence-corrected chi connectivity index (χ4v) is 1.64. The number of nitrogens with zero attached hydrogens (tertiary/aromatic N) is 6. The molecule has 0 aromatic carbocycles. The number of nitrogens with one attached hydrogen (secondary N) is 1. The number of hydrogen-bond acceptors (Lipinski definition) is 7. The van der Waals surface area contributed by atoms with Crippen LogP contribution in [0, 0.1) is 13.8 Å². The third kappa shape index (κ3) is 1.77. The minimum absolute atomic E-state index is 0.427. The van der Waals surface area contributed by atoms with Crippen LogP contribution in [0.15, 0.2) is 16.9 Å². The van der Waals surface area contributed by atoms with Gasteiger partial charge in [0.05, 0.1) is 6.54 Å². The Morgan fingerprint density at radius 1 is 1.33 bits per heavy atom. The molecule has 0 saturated carbocycles. The lowest BCUT2D eigenvalue weighted by Gasteiger charge is -2.03. The van der Waals surface area contributed by atoms with Crippen LogP contribution in [0.1, 0.15) is 17.5 Å². The van der Waals surface area contributed by atoms with E-state index in [1.165, 1.54) is 0 Å². The molecule has 0 aliphatic carbocycles. The van der Waals surface area contributed by atoms with Gasteiger partial charge in [0.2, 0.25) is 11.5 Å². The first-order chi connectivity index (χ1) is 8.74. The number of fused-ring (bicyclic) bond motifs is 1. The van der Waals surface area contributed by atoms with Crippen molar-refractivity contribution in [3.63, 3.8) is 0 Å². The van der Waals surface area contributed by atoms with Crippen LogP contribution in [-0.2, 0) is 6.54 Å². The molecule has 18 heavy (non-hydrogen) atoms. The van der Waals surface area contributed by atoms with Crippen molar-refractivity contribution in [1.29, 1.82) is 0 Å². The van der Waals surface area contributed by atoms with E-state index in [2.05, 4.69) is 30.6 Å². The summed E-state index contributed by atoms with van der Waals surface area (Å²) >= 11 is 0. The van der Waals surface area contributed by atoms with E-state index in [0.29, 0.717) is 29.7 Å². The van der Waals surface area contributed by atoms with Gasteiger partial charge in [-0.25, -0.2) is 4.98 Å². The van der Waals surface area contributed by atoms with Gasteiger partial charge in [0.1, 0.15) is 5.82 Å². The van der Waals surface area contributed by atoms with Gasteiger partial charge < -0.3 is 9.84 Å². The molecule has 0 amide bonds. The SMILES string of the molecule is Cc1nc(CNc2nccn3c(C)nnc23)no1. The van der Waals surface area contributed by atoms with Gasteiger partial charge in [-0.15, -0.1) is 10.2 Å². The van der Waals surface area contributed by atoms with Gasteiger partial charge in [-0.3, -0.25) is 4.40 Å². The van der Waals surface area contributed by atoms with Crippen LogP contribution in [-0.4, -0.2) is 29.7 Å². The van der Waals surface area contributed by atoms with E-state index in [-0.39, 0.29) is 0 Å². The maximum atomic E-state index is 4.89. The Bertz CT molecular complexity index is 686. The van der Waals surface area contributed by atoms with Gasteiger partial charge in [0.25, 0.3) is 0 Å². The summed E-state index contributed by atoms with van der Waals surface area (Å²) < 4.78 is 6.75. The Labute approximate surface area is 102 Å². The molecule has 8 nitrogen and oxygen atoms in total. The monoisotopic (exact) mass is 245 g/mol. The molecule has 0 fully saturated rings. The Kier molecular flexibility index (Phi) is 2.40. The number of aryl methyl sites for hydroxylation is 2. The van der Waals surface area contributed by atoms with Crippen LogP contribution in [0.5, 0.6) is 0 Å². The van der Waals surface area contributed by atoms with Crippen molar-refractivity contribution in [1.82, 2.24) is 29.7 Å². The topological polar surface area (TPSA) is 94.0 Å². The predicted molar refractivity (Wildman–Crippen MR) is 61.9 cm³/mol. The lowest BCUT2D eigenvalue weighted by Crippen LogP contribution is -2.05. The average Bonchev–Trinajstić information content (AvgIpc) is 2.94. The highest BCUT2D eigenvalue weighted by Gasteiger charge is 2.08. The van der Waals surface area contributed by atoms with Crippen molar-refractivity contribution in [3.8, 4) is 0 Å². The minimum atomic E-state index is 0.427. The van der Waals surface area contributed by atoms with Gasteiger partial charge in [-0.2, -0.15) is 4.98 Å². The summed E-state index contributed by atoms with van der Waals surface area (Å²) in [6, 6.07) is 0. The molecule has 0 aliphatic rings. The first-order valence-corrected chi connectivity index (χ1v) is 5.43. The second-order valence-electron chi connectivity index (χ2n) is 3.80. The van der Waals surface area contributed by atoms with E-state index < -0.39 is 0 Å². The molecule has 0 atom stereocenters. The molecule has 3 aromatic heterocycles. The van der Waals surface area contributed by atoms with Crippen LogP contribution in [0.2, 0.25) is 0 Å². The van der Waals surface area contributed by atoms with Gasteiger partial charge >= 0.3 is 0 Å². The van der Waals surface area contributed by atoms with Crippen molar-refractivity contribution in [2.24, 2.45) is 0 Å². The lowest BCUT2D eigenvalue weighted by molar-refractivity contribution is 0.388. The molecule has 0 unspecified atom stereocenters. The molecule has 0 bridgehead atoms. The lowest BCUT2D eigenvalue weighted by atomic mass is 10.5. The predicted octanol–water partition coefficient (Wildman–Crippen LogP) is 0.736. The molecule has 3 aromatic rings. The third-order valence-electron chi connectivity index (χ3n) is 2.48. The summed E-state index contributed by atoms with van der Waals surface area (Å²) in [5.41, 5.74) is 0.676. The van der Waals surface area contributed by atoms with Gasteiger partial charge in [0, 0.05) is 19.3 Å². The second kappa shape index (κ2) is 4.06. The quantitative estimate of drug-likeness (QED) is 0.727. The molecule has 0 spiro atoms. The van der Waals surface area contributed by atoms with Crippen molar-refractivity contribution < 1.29 is 4.52 Å². The molecular weight excluding hydrogens is 234 g/mol. The van der Waals surface area contributed by atoms with Crippen LogP contribution in [0.3, 0.4) is 0 Å². The van der Waals surface area contributed by atoms with E-state index in [0.717, 1.165) is 5.82 Å². The molecule has 0 radical (unpaired) electrons. The molecule has 8 heteroatoms. The van der Waals surface area contributed by atoms with Crippen molar-refractivity contribution in [2.45, 2.75) is 20.4 Å². The number of anilines is 1. The molecule has 1 N–H and O–H groups in total. The zero-order valence-electron chi connectivity index (χ0n) is 9.95. The average molecular weight is 245 g/mol. The first kappa shape index (κ1) is 10.6. The highest BCUT2D eigenvalue weighted by molar-refractivity contribution is 5.61. The van der Waals surface area contributed by atoms with Crippen LogP contribution in [0.25, 0.3) is 5.65 Å². The fourth-order valence-electron chi connectivity index (χ4n) is 1.64. The van der Waals surface area contributed by atoms with Crippen molar-refractivity contribution in [3.05, 3.63) is 29.9 Å². The normalized spacial score (nSPS) is 11.0. The molecule has 3 heterocycles. The van der Waals surface area contributed by atoms with Crippen LogP contribution >= 0.6 is 0 Å². The van der Waals surface area contributed by atoms with E-state index in [4.69, 9.17) is 4.52 Å². The molecular formula is C10H11N7O. The van der Waals surface area contributed by atoms with Crippen molar-refractivity contribution in [2.75, 3.05) is 5.32 Å². The summed E-state index contributed by atoms with van der Waals surface area (Å²) in [6.07, 6.45) is 3.50. The number of hydrogen-bond donors (Lipinski definition) is 1. The van der Waals surface area contributed by atoms with Gasteiger partial charge in [-0.05, 0) is 6.92 Å². The minimum Gasteiger partial charge on any atom is -0.359 e. The van der Waals surface area contributed by atoms with E-state index in [1.54, 1.807) is 13.1 Å². The summed E-state index contributed by atoms with van der Waals surface area (Å²) in [4.78, 5) is 8.32. The van der Waals surface area contributed by atoms with Crippen LogP contribution in [0.4, 0.5) is 5.82 Å². The summed E-state index contributed by atoms with van der Waals surface area (Å²) in [7, 11) is 0. The van der Waals surface area contributed by atoms with E-state index >= 15 is 0 Å². The highest BCUT2D eigenvalue weighted by atomic mass is 16.5. The fraction of sp³-hybridized carbons (Fsp3) is 0.300. The maximum absolute atomic E-state index is 4.89. The molecule has 0 saturated heterocycles. The summed E-state index contributed by atoms with van der Waals surface area (Å²) in [5.74, 6) is 2.57. The van der Waals surface area contributed by atoms with Gasteiger partial charge in [-0.1, -0.05) is 5.16 Å². The Balaban J connectivity index is 1.86. The number of aromatic nitrogens is 6.